The van der Waals surface area contributed by atoms with Gasteiger partial charge in [-0.25, -0.2) is 9.37 Å². The Kier molecular flexibility index (Phi) is 4.26. The molecule has 4 aromatic rings. The van der Waals surface area contributed by atoms with E-state index in [1.807, 2.05) is 35.7 Å². The van der Waals surface area contributed by atoms with Crippen LogP contribution >= 0.6 is 11.3 Å². The van der Waals surface area contributed by atoms with Gasteiger partial charge in [0.25, 0.3) is 5.91 Å². The molecule has 6 heteroatoms. The van der Waals surface area contributed by atoms with E-state index in [1.165, 1.54) is 12.1 Å². The number of nitrogens with one attached hydrogen (secondary N) is 1. The van der Waals surface area contributed by atoms with E-state index in [0.29, 0.717) is 12.1 Å². The molecule has 0 radical (unpaired) electrons. The molecule has 0 atom stereocenters. The van der Waals surface area contributed by atoms with Crippen LogP contribution in [-0.4, -0.2) is 15.3 Å². The summed E-state index contributed by atoms with van der Waals surface area (Å²) < 4.78 is 15.1. The number of imidazole rings is 1. The summed E-state index contributed by atoms with van der Waals surface area (Å²) in [6.07, 6.45) is 1.94. The van der Waals surface area contributed by atoms with E-state index in [9.17, 15) is 9.18 Å². The Bertz CT molecular complexity index is 1070. The van der Waals surface area contributed by atoms with Gasteiger partial charge in [0.05, 0.1) is 12.2 Å². The maximum absolute atomic E-state index is 13.1. The number of aromatic nitrogens is 2. The lowest BCUT2D eigenvalue weighted by molar-refractivity contribution is 0.0951. The second kappa shape index (κ2) is 6.72. The van der Waals surface area contributed by atoms with Crippen LogP contribution in [0.4, 0.5) is 4.39 Å². The minimum absolute atomic E-state index is 0.0944. The first-order valence-electron chi connectivity index (χ1n) is 8.18. The predicted octanol–water partition coefficient (Wildman–Crippen LogP) is 4.44. The highest BCUT2D eigenvalue weighted by molar-refractivity contribution is 7.17. The first kappa shape index (κ1) is 16.5. The molecule has 0 saturated carbocycles. The van der Waals surface area contributed by atoms with Gasteiger partial charge in [0.2, 0.25) is 0 Å². The largest absolute Gasteiger partial charge is 0.347 e. The van der Waals surface area contributed by atoms with Crippen molar-refractivity contribution < 1.29 is 9.18 Å². The molecule has 4 rings (SSSR count). The molecule has 0 aliphatic heterocycles. The number of aryl methyl sites for hydroxylation is 1. The molecule has 26 heavy (non-hydrogen) atoms. The molecule has 0 saturated heterocycles. The molecule has 0 spiro atoms. The zero-order valence-electron chi connectivity index (χ0n) is 14.1. The Morgan fingerprint density at radius 3 is 2.58 bits per heavy atom. The van der Waals surface area contributed by atoms with Gasteiger partial charge < -0.3 is 5.32 Å². The molecule has 0 unspecified atom stereocenters. The van der Waals surface area contributed by atoms with Crippen molar-refractivity contribution >= 4 is 22.2 Å². The lowest BCUT2D eigenvalue weighted by Gasteiger charge is -2.04. The number of amides is 1. The van der Waals surface area contributed by atoms with Crippen molar-refractivity contribution in [1.29, 1.82) is 0 Å². The van der Waals surface area contributed by atoms with E-state index in [4.69, 9.17) is 0 Å². The minimum Gasteiger partial charge on any atom is -0.347 e. The Labute approximate surface area is 153 Å². The Morgan fingerprint density at radius 1 is 1.15 bits per heavy atom. The molecule has 1 N–H and O–H groups in total. The number of hydrogen-bond donors (Lipinski definition) is 1. The van der Waals surface area contributed by atoms with Crippen molar-refractivity contribution in [2.24, 2.45) is 0 Å². The second-order valence-corrected chi connectivity index (χ2v) is 7.01. The number of fused-ring (bicyclic) bond motifs is 1. The van der Waals surface area contributed by atoms with Gasteiger partial charge in [-0.15, -0.1) is 0 Å². The topological polar surface area (TPSA) is 46.4 Å². The van der Waals surface area contributed by atoms with E-state index >= 15 is 0 Å². The average Bonchev–Trinajstić information content (AvgIpc) is 3.20. The van der Waals surface area contributed by atoms with Crippen LogP contribution in [0.1, 0.15) is 20.9 Å². The van der Waals surface area contributed by atoms with Crippen LogP contribution in [0.5, 0.6) is 0 Å². The van der Waals surface area contributed by atoms with Crippen LogP contribution in [0.25, 0.3) is 16.2 Å². The fraction of sp³-hybridized carbons (Fsp3) is 0.100. The molecule has 2 aromatic carbocycles. The molecule has 4 nitrogen and oxygen atoms in total. The standard InChI is InChI=1S/C20H16FN3OS/c1-13-18(11-22-19(25)15-5-3-2-4-6-15)26-20-23-17(12-24(13)20)14-7-9-16(21)10-8-14/h2-10,12H,11H2,1H3,(H,22,25). The van der Waals surface area contributed by atoms with Gasteiger partial charge in [0.1, 0.15) is 5.82 Å². The van der Waals surface area contributed by atoms with Gasteiger partial charge in [-0.1, -0.05) is 29.5 Å². The summed E-state index contributed by atoms with van der Waals surface area (Å²) in [5.74, 6) is -0.356. The number of hydrogen-bond acceptors (Lipinski definition) is 3. The van der Waals surface area contributed by atoms with Gasteiger partial charge in [-0.05, 0) is 43.3 Å². The van der Waals surface area contributed by atoms with Gasteiger partial charge in [-0.2, -0.15) is 0 Å². The summed E-state index contributed by atoms with van der Waals surface area (Å²) in [4.78, 5) is 18.7. The second-order valence-electron chi connectivity index (χ2n) is 5.94. The summed E-state index contributed by atoms with van der Waals surface area (Å²) in [5.41, 5.74) is 3.36. The molecular formula is C20H16FN3OS. The average molecular weight is 365 g/mol. The number of carbonyl (C=O) groups excluding carboxylic acids is 1. The highest BCUT2D eigenvalue weighted by atomic mass is 32.1. The van der Waals surface area contributed by atoms with Gasteiger partial charge in [0, 0.05) is 27.9 Å². The lowest BCUT2D eigenvalue weighted by Crippen LogP contribution is -2.22. The number of carbonyl (C=O) groups is 1. The zero-order valence-corrected chi connectivity index (χ0v) is 14.9. The normalized spacial score (nSPS) is 11.0. The quantitative estimate of drug-likeness (QED) is 0.581. The fourth-order valence-electron chi connectivity index (χ4n) is 2.77. The Hall–Kier alpha value is -2.99. The van der Waals surface area contributed by atoms with E-state index < -0.39 is 0 Å². The van der Waals surface area contributed by atoms with Gasteiger partial charge >= 0.3 is 0 Å². The number of thiazole rings is 1. The molecule has 0 bridgehead atoms. The summed E-state index contributed by atoms with van der Waals surface area (Å²) >= 11 is 1.54. The van der Waals surface area contributed by atoms with E-state index in [2.05, 4.69) is 10.3 Å². The van der Waals surface area contributed by atoms with Crippen LogP contribution < -0.4 is 5.32 Å². The highest BCUT2D eigenvalue weighted by Gasteiger charge is 2.14. The number of benzene rings is 2. The fourth-order valence-corrected chi connectivity index (χ4v) is 3.81. The Morgan fingerprint density at radius 2 is 1.88 bits per heavy atom. The number of halogens is 1. The van der Waals surface area contributed by atoms with Crippen LogP contribution in [0.2, 0.25) is 0 Å². The smallest absolute Gasteiger partial charge is 0.251 e. The molecule has 0 aliphatic rings. The Balaban J connectivity index is 1.54. The highest BCUT2D eigenvalue weighted by Crippen LogP contribution is 2.27. The van der Waals surface area contributed by atoms with E-state index in [1.54, 1.807) is 35.6 Å². The van der Waals surface area contributed by atoms with Crippen molar-refractivity contribution in [3.63, 3.8) is 0 Å². The number of nitrogens with zero attached hydrogens (tertiary/aromatic N) is 2. The first-order valence-corrected chi connectivity index (χ1v) is 9.00. The van der Waals surface area contributed by atoms with Crippen LogP contribution in [-0.2, 0) is 6.54 Å². The van der Waals surface area contributed by atoms with Crippen LogP contribution in [0, 0.1) is 12.7 Å². The van der Waals surface area contributed by atoms with Gasteiger partial charge in [-0.3, -0.25) is 9.20 Å². The van der Waals surface area contributed by atoms with E-state index in [0.717, 1.165) is 26.8 Å². The maximum Gasteiger partial charge on any atom is 0.251 e. The number of rotatable bonds is 4. The third-order valence-corrected chi connectivity index (χ3v) is 5.40. The predicted molar refractivity (Wildman–Crippen MR) is 101 cm³/mol. The van der Waals surface area contributed by atoms with Crippen LogP contribution in [0.15, 0.2) is 60.8 Å². The molecule has 130 valence electrons. The molecule has 0 aliphatic carbocycles. The first-order chi connectivity index (χ1) is 12.6. The molecule has 1 amide bonds. The monoisotopic (exact) mass is 365 g/mol. The van der Waals surface area contributed by atoms with Gasteiger partial charge in [0.15, 0.2) is 4.96 Å². The van der Waals surface area contributed by atoms with Crippen molar-refractivity contribution in [1.82, 2.24) is 14.7 Å². The third kappa shape index (κ3) is 3.11. The lowest BCUT2D eigenvalue weighted by atomic mass is 10.2. The summed E-state index contributed by atoms with van der Waals surface area (Å²) in [5, 5.41) is 2.95. The minimum atomic E-state index is -0.262. The van der Waals surface area contributed by atoms with Crippen molar-refractivity contribution in [2.75, 3.05) is 0 Å². The summed E-state index contributed by atoms with van der Waals surface area (Å²) in [7, 11) is 0. The SMILES string of the molecule is Cc1c(CNC(=O)c2ccccc2)sc2nc(-c3ccc(F)cc3)cn12. The maximum atomic E-state index is 13.1. The molecular weight excluding hydrogens is 349 g/mol. The zero-order chi connectivity index (χ0) is 18.1. The van der Waals surface area contributed by atoms with E-state index in [-0.39, 0.29) is 11.7 Å². The van der Waals surface area contributed by atoms with Crippen molar-refractivity contribution in [2.45, 2.75) is 13.5 Å². The van der Waals surface area contributed by atoms with Crippen LogP contribution in [0.3, 0.4) is 0 Å². The molecule has 2 heterocycles. The molecule has 2 aromatic heterocycles. The summed E-state index contributed by atoms with van der Waals surface area (Å²) in [6, 6.07) is 15.5. The van der Waals surface area contributed by atoms with Crippen molar-refractivity contribution in [3.05, 3.63) is 82.7 Å². The third-order valence-electron chi connectivity index (χ3n) is 4.24. The van der Waals surface area contributed by atoms with Crippen molar-refractivity contribution in [3.8, 4) is 11.3 Å². The molecule has 0 fully saturated rings. The summed E-state index contributed by atoms with van der Waals surface area (Å²) in [6.45, 7) is 2.46.